The standard InChI is InChI=1S/C11H9Cl2N3O/c1-16-6-7(5-14-16)11(17)15-10-3-2-8(12)4-9(10)13/h2-6H,1H3,(H,15,17). The van der Waals surface area contributed by atoms with Crippen LogP contribution in [0, 0.1) is 0 Å². The van der Waals surface area contributed by atoms with Crippen molar-refractivity contribution in [3.63, 3.8) is 0 Å². The SMILES string of the molecule is Cn1cc(C(=O)Nc2ccc(Cl)cc2Cl)cn1. The van der Waals surface area contributed by atoms with Gasteiger partial charge in [-0.25, -0.2) is 0 Å². The molecule has 1 N–H and O–H groups in total. The van der Waals surface area contributed by atoms with Crippen molar-refractivity contribution < 1.29 is 4.79 Å². The fourth-order valence-corrected chi connectivity index (χ4v) is 1.78. The van der Waals surface area contributed by atoms with Crippen LogP contribution >= 0.6 is 23.2 Å². The molecule has 1 aromatic carbocycles. The van der Waals surface area contributed by atoms with Crippen LogP contribution in [0.3, 0.4) is 0 Å². The molecule has 1 heterocycles. The van der Waals surface area contributed by atoms with E-state index in [0.717, 1.165) is 0 Å². The highest BCUT2D eigenvalue weighted by atomic mass is 35.5. The zero-order valence-corrected chi connectivity index (χ0v) is 10.5. The average molecular weight is 270 g/mol. The minimum Gasteiger partial charge on any atom is -0.321 e. The monoisotopic (exact) mass is 269 g/mol. The molecule has 0 unspecified atom stereocenters. The van der Waals surface area contributed by atoms with E-state index in [1.807, 2.05) is 0 Å². The lowest BCUT2D eigenvalue weighted by molar-refractivity contribution is 0.102. The van der Waals surface area contributed by atoms with Crippen molar-refractivity contribution in [1.82, 2.24) is 9.78 Å². The van der Waals surface area contributed by atoms with E-state index < -0.39 is 0 Å². The molecule has 0 radical (unpaired) electrons. The quantitative estimate of drug-likeness (QED) is 0.911. The van der Waals surface area contributed by atoms with E-state index >= 15 is 0 Å². The molecule has 0 aliphatic rings. The molecule has 88 valence electrons. The van der Waals surface area contributed by atoms with Gasteiger partial charge >= 0.3 is 0 Å². The fourth-order valence-electron chi connectivity index (χ4n) is 1.32. The van der Waals surface area contributed by atoms with E-state index in [4.69, 9.17) is 23.2 Å². The number of aryl methyl sites for hydroxylation is 1. The number of carbonyl (C=O) groups excluding carboxylic acids is 1. The second-order valence-corrected chi connectivity index (χ2v) is 4.32. The predicted octanol–water partition coefficient (Wildman–Crippen LogP) is 2.98. The summed E-state index contributed by atoms with van der Waals surface area (Å²) in [5, 5.41) is 7.52. The van der Waals surface area contributed by atoms with Gasteiger partial charge < -0.3 is 5.32 Å². The van der Waals surface area contributed by atoms with Crippen molar-refractivity contribution >= 4 is 34.8 Å². The molecular weight excluding hydrogens is 261 g/mol. The third kappa shape index (κ3) is 2.78. The van der Waals surface area contributed by atoms with E-state index in [-0.39, 0.29) is 5.91 Å². The lowest BCUT2D eigenvalue weighted by Crippen LogP contribution is -2.11. The molecule has 4 nitrogen and oxygen atoms in total. The highest BCUT2D eigenvalue weighted by Gasteiger charge is 2.10. The Morgan fingerprint density at radius 2 is 2.18 bits per heavy atom. The molecule has 0 bridgehead atoms. The number of nitrogens with zero attached hydrogens (tertiary/aromatic N) is 2. The molecule has 0 saturated carbocycles. The zero-order valence-electron chi connectivity index (χ0n) is 8.95. The summed E-state index contributed by atoms with van der Waals surface area (Å²) in [5.74, 6) is -0.262. The van der Waals surface area contributed by atoms with Gasteiger partial charge in [-0.1, -0.05) is 23.2 Å². The molecule has 6 heteroatoms. The second-order valence-electron chi connectivity index (χ2n) is 3.48. The first-order valence-corrected chi connectivity index (χ1v) is 5.57. The smallest absolute Gasteiger partial charge is 0.258 e. The largest absolute Gasteiger partial charge is 0.321 e. The van der Waals surface area contributed by atoms with Gasteiger partial charge in [0.15, 0.2) is 0 Å². The van der Waals surface area contributed by atoms with E-state index in [1.165, 1.54) is 6.20 Å². The van der Waals surface area contributed by atoms with Crippen molar-refractivity contribution in [2.45, 2.75) is 0 Å². The summed E-state index contributed by atoms with van der Waals surface area (Å²) in [4.78, 5) is 11.8. The molecule has 0 fully saturated rings. The van der Waals surface area contributed by atoms with Gasteiger partial charge in [0, 0.05) is 18.3 Å². The molecule has 0 spiro atoms. The Hall–Kier alpha value is -1.52. The van der Waals surface area contributed by atoms with E-state index in [2.05, 4.69) is 10.4 Å². The number of aromatic nitrogens is 2. The molecule has 2 rings (SSSR count). The van der Waals surface area contributed by atoms with E-state index in [0.29, 0.717) is 21.3 Å². The molecule has 1 amide bonds. The van der Waals surface area contributed by atoms with E-state index in [9.17, 15) is 4.79 Å². The van der Waals surface area contributed by atoms with Crippen molar-refractivity contribution in [2.24, 2.45) is 7.05 Å². The first-order valence-electron chi connectivity index (χ1n) is 4.81. The highest BCUT2D eigenvalue weighted by molar-refractivity contribution is 6.36. The zero-order chi connectivity index (χ0) is 12.4. The molecule has 2 aromatic rings. The average Bonchev–Trinajstić information content (AvgIpc) is 2.69. The number of carbonyl (C=O) groups is 1. The third-order valence-electron chi connectivity index (χ3n) is 2.15. The van der Waals surface area contributed by atoms with Gasteiger partial charge in [-0.05, 0) is 18.2 Å². The summed E-state index contributed by atoms with van der Waals surface area (Å²) < 4.78 is 1.55. The van der Waals surface area contributed by atoms with Gasteiger partial charge in [0.25, 0.3) is 5.91 Å². The maximum atomic E-state index is 11.8. The van der Waals surface area contributed by atoms with Gasteiger partial charge in [-0.2, -0.15) is 5.10 Å². The van der Waals surface area contributed by atoms with Crippen LogP contribution in [-0.4, -0.2) is 15.7 Å². The Balaban J connectivity index is 2.18. The number of anilines is 1. The molecule has 0 atom stereocenters. The summed E-state index contributed by atoms with van der Waals surface area (Å²) in [5.41, 5.74) is 0.989. The normalized spacial score (nSPS) is 10.3. The van der Waals surface area contributed by atoms with Crippen molar-refractivity contribution in [3.05, 3.63) is 46.2 Å². The first-order chi connectivity index (χ1) is 8.06. The maximum Gasteiger partial charge on any atom is 0.258 e. The molecule has 0 saturated heterocycles. The first kappa shape index (κ1) is 12.0. The number of benzene rings is 1. The highest BCUT2D eigenvalue weighted by Crippen LogP contribution is 2.25. The van der Waals surface area contributed by atoms with Crippen LogP contribution in [0.25, 0.3) is 0 Å². The Kier molecular flexibility index (Phi) is 3.36. The van der Waals surface area contributed by atoms with Gasteiger partial charge in [0.05, 0.1) is 22.5 Å². The van der Waals surface area contributed by atoms with Gasteiger partial charge in [0.2, 0.25) is 0 Å². The number of hydrogen-bond acceptors (Lipinski definition) is 2. The molecule has 0 aliphatic heterocycles. The van der Waals surface area contributed by atoms with Crippen LogP contribution in [0.2, 0.25) is 10.0 Å². The fraction of sp³-hybridized carbons (Fsp3) is 0.0909. The Morgan fingerprint density at radius 1 is 1.41 bits per heavy atom. The number of hydrogen-bond donors (Lipinski definition) is 1. The molecular formula is C11H9Cl2N3O. The number of halogens is 2. The van der Waals surface area contributed by atoms with E-state index in [1.54, 1.807) is 36.1 Å². The Bertz CT molecular complexity index is 566. The summed E-state index contributed by atoms with van der Waals surface area (Å²) in [6.07, 6.45) is 3.11. The minimum absolute atomic E-state index is 0.262. The molecule has 0 aliphatic carbocycles. The summed E-state index contributed by atoms with van der Waals surface area (Å²) >= 11 is 11.7. The number of nitrogens with one attached hydrogen (secondary N) is 1. The maximum absolute atomic E-state index is 11.8. The summed E-state index contributed by atoms with van der Waals surface area (Å²) in [6.45, 7) is 0. The van der Waals surface area contributed by atoms with Crippen LogP contribution in [0.1, 0.15) is 10.4 Å². The van der Waals surface area contributed by atoms with Crippen LogP contribution in [-0.2, 0) is 7.05 Å². The van der Waals surface area contributed by atoms with Crippen LogP contribution in [0.5, 0.6) is 0 Å². The van der Waals surface area contributed by atoms with Crippen molar-refractivity contribution in [1.29, 1.82) is 0 Å². The van der Waals surface area contributed by atoms with Crippen LogP contribution < -0.4 is 5.32 Å². The topological polar surface area (TPSA) is 46.9 Å². The van der Waals surface area contributed by atoms with Gasteiger partial charge in [-0.3, -0.25) is 9.48 Å². The Labute approximate surface area is 108 Å². The van der Waals surface area contributed by atoms with Crippen molar-refractivity contribution in [3.8, 4) is 0 Å². The minimum atomic E-state index is -0.262. The predicted molar refractivity (Wildman–Crippen MR) is 67.6 cm³/mol. The van der Waals surface area contributed by atoms with Crippen LogP contribution in [0.15, 0.2) is 30.6 Å². The lowest BCUT2D eigenvalue weighted by Gasteiger charge is -2.05. The molecule has 17 heavy (non-hydrogen) atoms. The lowest BCUT2D eigenvalue weighted by atomic mass is 10.3. The van der Waals surface area contributed by atoms with Gasteiger partial charge in [0.1, 0.15) is 0 Å². The summed E-state index contributed by atoms with van der Waals surface area (Å²) in [6, 6.07) is 4.88. The second kappa shape index (κ2) is 4.77. The number of amides is 1. The van der Waals surface area contributed by atoms with Crippen molar-refractivity contribution in [2.75, 3.05) is 5.32 Å². The van der Waals surface area contributed by atoms with Gasteiger partial charge in [-0.15, -0.1) is 0 Å². The number of rotatable bonds is 2. The Morgan fingerprint density at radius 3 is 2.76 bits per heavy atom. The molecule has 1 aromatic heterocycles. The van der Waals surface area contributed by atoms with Crippen LogP contribution in [0.4, 0.5) is 5.69 Å². The third-order valence-corrected chi connectivity index (χ3v) is 2.69. The summed E-state index contributed by atoms with van der Waals surface area (Å²) in [7, 11) is 1.74.